The lowest BCUT2D eigenvalue weighted by Crippen LogP contribution is -2.40. The highest BCUT2D eigenvalue weighted by molar-refractivity contribution is 5.75. The zero-order chi connectivity index (χ0) is 9.59. The van der Waals surface area contributed by atoms with Gasteiger partial charge in [-0.05, 0) is 32.7 Å². The molecule has 2 fully saturated rings. The van der Waals surface area contributed by atoms with Crippen molar-refractivity contribution >= 4 is 5.97 Å². The Labute approximate surface area is 77.8 Å². The molecule has 0 aromatic heterocycles. The van der Waals surface area contributed by atoms with Crippen molar-refractivity contribution in [2.75, 3.05) is 6.54 Å². The third-order valence-corrected chi connectivity index (χ3v) is 3.26. The van der Waals surface area contributed by atoms with E-state index in [0.29, 0.717) is 5.92 Å². The highest BCUT2D eigenvalue weighted by Gasteiger charge is 2.49. The van der Waals surface area contributed by atoms with Gasteiger partial charge in [0.15, 0.2) is 0 Å². The largest absolute Gasteiger partial charge is 0.480 e. The van der Waals surface area contributed by atoms with Crippen LogP contribution in [0.1, 0.15) is 20.3 Å². The molecule has 2 N–H and O–H groups in total. The zero-order valence-corrected chi connectivity index (χ0v) is 8.00. The Hall–Kier alpha value is -0.830. The van der Waals surface area contributed by atoms with Gasteiger partial charge in [0.25, 0.3) is 0 Å². The first-order chi connectivity index (χ1) is 6.11. The molecular weight excluding hydrogens is 166 g/mol. The Morgan fingerprint density at radius 3 is 2.77 bits per heavy atom. The summed E-state index contributed by atoms with van der Waals surface area (Å²) in [6.07, 6.45) is 1.10. The number of fused-ring (bicyclic) bond motifs is 1. The molecule has 2 rings (SSSR count). The molecule has 0 bridgehead atoms. The molecule has 72 valence electrons. The maximum atomic E-state index is 10.9. The molecule has 3 heteroatoms. The highest BCUT2D eigenvalue weighted by Crippen LogP contribution is 2.46. The van der Waals surface area contributed by atoms with E-state index < -0.39 is 5.97 Å². The Bertz CT molecular complexity index is 279. The second-order valence-corrected chi connectivity index (χ2v) is 4.24. The fourth-order valence-electron chi connectivity index (χ4n) is 2.53. The lowest BCUT2D eigenvalue weighted by Gasteiger charge is -2.36. The maximum Gasteiger partial charge on any atom is 0.321 e. The first-order valence-corrected chi connectivity index (χ1v) is 4.73. The van der Waals surface area contributed by atoms with Crippen molar-refractivity contribution in [1.82, 2.24) is 5.32 Å². The van der Waals surface area contributed by atoms with Gasteiger partial charge < -0.3 is 10.4 Å². The molecule has 3 nitrogen and oxygen atoms in total. The minimum atomic E-state index is -0.703. The molecule has 0 spiro atoms. The minimum absolute atomic E-state index is 0.280. The summed E-state index contributed by atoms with van der Waals surface area (Å²) in [6.45, 7) is 5.02. The summed E-state index contributed by atoms with van der Waals surface area (Å²) in [7, 11) is 0. The van der Waals surface area contributed by atoms with Crippen molar-refractivity contribution in [1.29, 1.82) is 0 Å². The van der Waals surface area contributed by atoms with Crippen molar-refractivity contribution in [2.45, 2.75) is 26.3 Å². The molecule has 1 aliphatic heterocycles. The fourth-order valence-corrected chi connectivity index (χ4v) is 2.53. The fraction of sp³-hybridized carbons (Fsp3) is 0.700. The van der Waals surface area contributed by atoms with Crippen LogP contribution < -0.4 is 5.32 Å². The van der Waals surface area contributed by atoms with Gasteiger partial charge in [-0.2, -0.15) is 0 Å². The molecule has 2 aliphatic rings. The van der Waals surface area contributed by atoms with E-state index in [1.165, 1.54) is 11.1 Å². The summed E-state index contributed by atoms with van der Waals surface area (Å²) < 4.78 is 0. The van der Waals surface area contributed by atoms with E-state index in [1.54, 1.807) is 0 Å². The second-order valence-electron chi connectivity index (χ2n) is 4.24. The average molecular weight is 181 g/mol. The third kappa shape index (κ3) is 1.18. The number of carboxylic acid groups (broad SMARTS) is 1. The summed E-state index contributed by atoms with van der Waals surface area (Å²) in [4.78, 5) is 10.9. The number of allylic oxidation sites excluding steroid dienone is 1. The topological polar surface area (TPSA) is 49.3 Å². The number of carboxylic acids is 1. The first-order valence-electron chi connectivity index (χ1n) is 4.73. The normalized spacial score (nSPS) is 36.8. The standard InChI is InChI=1S/C10H15NO2/c1-5(2)7-3-6-4-11-9(8(6)7)10(12)13/h6,8-9,11H,3-4H2,1-2H3,(H,12,13). The van der Waals surface area contributed by atoms with Crippen molar-refractivity contribution in [2.24, 2.45) is 11.8 Å². The maximum absolute atomic E-state index is 10.9. The van der Waals surface area contributed by atoms with Crippen molar-refractivity contribution in [3.63, 3.8) is 0 Å². The molecule has 1 heterocycles. The van der Waals surface area contributed by atoms with Crippen LogP contribution in [0.4, 0.5) is 0 Å². The summed E-state index contributed by atoms with van der Waals surface area (Å²) in [6, 6.07) is -0.330. The van der Waals surface area contributed by atoms with Crippen LogP contribution >= 0.6 is 0 Å². The van der Waals surface area contributed by atoms with Crippen LogP contribution in [0.2, 0.25) is 0 Å². The summed E-state index contributed by atoms with van der Waals surface area (Å²) >= 11 is 0. The molecule has 13 heavy (non-hydrogen) atoms. The van der Waals surface area contributed by atoms with E-state index >= 15 is 0 Å². The van der Waals surface area contributed by atoms with Gasteiger partial charge in [-0.15, -0.1) is 0 Å². The van der Waals surface area contributed by atoms with Gasteiger partial charge in [-0.25, -0.2) is 0 Å². The van der Waals surface area contributed by atoms with Gasteiger partial charge in [0.1, 0.15) is 6.04 Å². The second kappa shape index (κ2) is 2.84. The van der Waals surface area contributed by atoms with E-state index in [9.17, 15) is 4.79 Å². The summed E-state index contributed by atoms with van der Waals surface area (Å²) in [5.41, 5.74) is 2.67. The van der Waals surface area contributed by atoms with Crippen molar-refractivity contribution < 1.29 is 9.90 Å². The number of nitrogens with one attached hydrogen (secondary N) is 1. The van der Waals surface area contributed by atoms with Crippen molar-refractivity contribution in [3.05, 3.63) is 11.1 Å². The van der Waals surface area contributed by atoms with E-state index in [4.69, 9.17) is 5.11 Å². The molecule has 0 radical (unpaired) electrons. The molecule has 0 aromatic rings. The van der Waals surface area contributed by atoms with Gasteiger partial charge in [0, 0.05) is 5.92 Å². The third-order valence-electron chi connectivity index (χ3n) is 3.26. The van der Waals surface area contributed by atoms with Crippen LogP contribution in [-0.4, -0.2) is 23.7 Å². The molecule has 1 saturated carbocycles. The molecule has 1 aliphatic carbocycles. The number of rotatable bonds is 1. The van der Waals surface area contributed by atoms with Gasteiger partial charge in [-0.1, -0.05) is 11.1 Å². The molecule has 3 atom stereocenters. The number of hydrogen-bond donors (Lipinski definition) is 2. The lowest BCUT2D eigenvalue weighted by atomic mass is 9.67. The van der Waals surface area contributed by atoms with Crippen LogP contribution in [0.25, 0.3) is 0 Å². The minimum Gasteiger partial charge on any atom is -0.480 e. The summed E-state index contributed by atoms with van der Waals surface area (Å²) in [5, 5.41) is 12.0. The van der Waals surface area contributed by atoms with Crippen LogP contribution in [0.3, 0.4) is 0 Å². The van der Waals surface area contributed by atoms with Gasteiger partial charge in [0.05, 0.1) is 0 Å². The molecule has 3 unspecified atom stereocenters. The number of aliphatic carboxylic acids is 1. The Balaban J connectivity index is 2.20. The Kier molecular flexibility index (Phi) is 1.91. The molecule has 0 aromatic carbocycles. The van der Waals surface area contributed by atoms with Crippen LogP contribution in [0.15, 0.2) is 11.1 Å². The van der Waals surface area contributed by atoms with Crippen LogP contribution in [0.5, 0.6) is 0 Å². The lowest BCUT2D eigenvalue weighted by molar-refractivity contribution is -0.140. The van der Waals surface area contributed by atoms with E-state index in [-0.39, 0.29) is 12.0 Å². The predicted molar refractivity (Wildman–Crippen MR) is 49.4 cm³/mol. The van der Waals surface area contributed by atoms with Gasteiger partial charge in [-0.3, -0.25) is 4.79 Å². The first kappa shape index (κ1) is 8.75. The van der Waals surface area contributed by atoms with Crippen molar-refractivity contribution in [3.8, 4) is 0 Å². The highest BCUT2D eigenvalue weighted by atomic mass is 16.4. The van der Waals surface area contributed by atoms with Crippen LogP contribution in [0, 0.1) is 11.8 Å². The van der Waals surface area contributed by atoms with Gasteiger partial charge >= 0.3 is 5.97 Å². The molecule has 0 amide bonds. The Morgan fingerprint density at radius 2 is 2.23 bits per heavy atom. The van der Waals surface area contributed by atoms with E-state index in [1.807, 2.05) is 0 Å². The zero-order valence-electron chi connectivity index (χ0n) is 8.00. The quantitative estimate of drug-likeness (QED) is 0.594. The monoisotopic (exact) mass is 181 g/mol. The molecular formula is C10H15NO2. The predicted octanol–water partition coefficient (Wildman–Crippen LogP) is 1.02. The Morgan fingerprint density at radius 1 is 1.54 bits per heavy atom. The smallest absolute Gasteiger partial charge is 0.321 e. The SMILES string of the molecule is CC(C)=C1CC2CNC(C(=O)O)C12. The number of carbonyl (C=O) groups is 1. The van der Waals surface area contributed by atoms with E-state index in [2.05, 4.69) is 19.2 Å². The average Bonchev–Trinajstić information content (AvgIpc) is 2.27. The summed E-state index contributed by atoms with van der Waals surface area (Å²) in [5.74, 6) is 0.152. The van der Waals surface area contributed by atoms with Gasteiger partial charge in [0.2, 0.25) is 0 Å². The van der Waals surface area contributed by atoms with E-state index in [0.717, 1.165) is 13.0 Å². The van der Waals surface area contributed by atoms with Crippen LogP contribution in [-0.2, 0) is 4.79 Å². The molecule has 1 saturated heterocycles. The number of hydrogen-bond acceptors (Lipinski definition) is 2.